The van der Waals surface area contributed by atoms with Gasteiger partial charge in [0.05, 0.1) is 5.92 Å². The summed E-state index contributed by atoms with van der Waals surface area (Å²) in [7, 11) is 0. The molecule has 160 valence electrons. The number of carbonyl (C=O) groups is 1. The van der Waals surface area contributed by atoms with Crippen molar-refractivity contribution in [1.82, 2.24) is 20.4 Å². The van der Waals surface area contributed by atoms with E-state index in [1.54, 1.807) is 4.90 Å². The Kier molecular flexibility index (Phi) is 5.38. The maximum atomic E-state index is 12.6. The van der Waals surface area contributed by atoms with Crippen molar-refractivity contribution >= 4 is 17.6 Å². The van der Waals surface area contributed by atoms with Gasteiger partial charge in [0.2, 0.25) is 18.6 Å². The van der Waals surface area contributed by atoms with Crippen LogP contribution in [0.25, 0.3) is 11.5 Å². The lowest BCUT2D eigenvalue weighted by Gasteiger charge is -2.31. The van der Waals surface area contributed by atoms with Crippen molar-refractivity contribution < 1.29 is 18.7 Å². The Bertz CT molecular complexity index is 1090. The molecule has 2 aliphatic heterocycles. The lowest BCUT2D eigenvalue weighted by Crippen LogP contribution is -2.44. The lowest BCUT2D eigenvalue weighted by atomic mass is 9.98. The molecule has 0 bridgehead atoms. The van der Waals surface area contributed by atoms with Crippen molar-refractivity contribution in [1.29, 1.82) is 0 Å². The number of nitrogens with zero attached hydrogens (tertiary/aromatic N) is 3. The SMILES string of the molecule is O=C(NCc1ccc(Cl)cc1)N1CCC[C@H](c2nnc(-c3ccc4c(c3)OCO4)o2)C1. The Hall–Kier alpha value is -3.26. The second kappa shape index (κ2) is 8.47. The number of piperidine rings is 1. The number of benzene rings is 2. The summed E-state index contributed by atoms with van der Waals surface area (Å²) in [5, 5.41) is 12.1. The maximum absolute atomic E-state index is 12.6. The first kappa shape index (κ1) is 19.7. The summed E-state index contributed by atoms with van der Waals surface area (Å²) in [6.07, 6.45) is 1.77. The van der Waals surface area contributed by atoms with E-state index >= 15 is 0 Å². The van der Waals surface area contributed by atoms with E-state index < -0.39 is 0 Å². The van der Waals surface area contributed by atoms with Gasteiger partial charge < -0.3 is 24.1 Å². The van der Waals surface area contributed by atoms with E-state index in [9.17, 15) is 4.79 Å². The second-order valence-corrected chi connectivity index (χ2v) is 8.02. The zero-order valence-corrected chi connectivity index (χ0v) is 17.5. The van der Waals surface area contributed by atoms with Gasteiger partial charge in [-0.1, -0.05) is 23.7 Å². The highest BCUT2D eigenvalue weighted by Gasteiger charge is 2.29. The van der Waals surface area contributed by atoms with Crippen molar-refractivity contribution in [2.75, 3.05) is 19.9 Å². The molecule has 3 heterocycles. The lowest BCUT2D eigenvalue weighted by molar-refractivity contribution is 0.173. The smallest absolute Gasteiger partial charge is 0.317 e. The van der Waals surface area contributed by atoms with Gasteiger partial charge in [-0.25, -0.2) is 4.79 Å². The molecule has 1 saturated heterocycles. The van der Waals surface area contributed by atoms with Gasteiger partial charge in [-0.2, -0.15) is 0 Å². The third-order valence-corrected chi connectivity index (χ3v) is 5.73. The predicted octanol–water partition coefficient (Wildman–Crippen LogP) is 4.21. The van der Waals surface area contributed by atoms with Crippen molar-refractivity contribution in [3.63, 3.8) is 0 Å². The number of aromatic nitrogens is 2. The predicted molar refractivity (Wildman–Crippen MR) is 113 cm³/mol. The van der Waals surface area contributed by atoms with Crippen LogP contribution < -0.4 is 14.8 Å². The van der Waals surface area contributed by atoms with E-state index in [-0.39, 0.29) is 18.7 Å². The van der Waals surface area contributed by atoms with Gasteiger partial charge >= 0.3 is 6.03 Å². The minimum atomic E-state index is -0.102. The third kappa shape index (κ3) is 4.29. The van der Waals surface area contributed by atoms with Crippen LogP contribution in [0.3, 0.4) is 0 Å². The fourth-order valence-electron chi connectivity index (χ4n) is 3.80. The monoisotopic (exact) mass is 440 g/mol. The van der Waals surface area contributed by atoms with E-state index in [1.165, 1.54) is 0 Å². The van der Waals surface area contributed by atoms with Gasteiger partial charge in [0.25, 0.3) is 0 Å². The second-order valence-electron chi connectivity index (χ2n) is 7.58. The van der Waals surface area contributed by atoms with Crippen molar-refractivity contribution in [2.45, 2.75) is 25.3 Å². The molecule has 0 spiro atoms. The molecule has 1 atom stereocenters. The maximum Gasteiger partial charge on any atom is 0.317 e. The Balaban J connectivity index is 1.22. The standard InChI is InChI=1S/C22H21ClN4O4/c23-17-6-3-14(4-7-17)11-24-22(28)27-9-1-2-16(12-27)21-26-25-20(31-21)15-5-8-18-19(10-15)30-13-29-18/h3-8,10,16H,1-2,9,11-13H2,(H,24,28)/t16-/m0/s1. The highest BCUT2D eigenvalue weighted by atomic mass is 35.5. The highest BCUT2D eigenvalue weighted by Crippen LogP contribution is 2.36. The Morgan fingerprint density at radius 1 is 1.13 bits per heavy atom. The molecule has 0 radical (unpaired) electrons. The molecule has 2 aliphatic rings. The van der Waals surface area contributed by atoms with E-state index in [2.05, 4.69) is 15.5 Å². The summed E-state index contributed by atoms with van der Waals surface area (Å²) in [6.45, 7) is 1.90. The van der Waals surface area contributed by atoms with Gasteiger partial charge in [-0.05, 0) is 48.7 Å². The molecule has 5 rings (SSSR count). The van der Waals surface area contributed by atoms with E-state index in [4.69, 9.17) is 25.5 Å². The number of urea groups is 1. The van der Waals surface area contributed by atoms with E-state index in [0.29, 0.717) is 47.9 Å². The van der Waals surface area contributed by atoms with Crippen LogP contribution in [0.4, 0.5) is 4.79 Å². The molecule has 1 fully saturated rings. The molecule has 2 amide bonds. The summed E-state index contributed by atoms with van der Waals surface area (Å²) < 4.78 is 16.7. The van der Waals surface area contributed by atoms with Crippen molar-refractivity contribution in [3.05, 3.63) is 58.9 Å². The topological polar surface area (TPSA) is 89.7 Å². The Morgan fingerprint density at radius 3 is 2.84 bits per heavy atom. The zero-order chi connectivity index (χ0) is 21.2. The molecule has 8 nitrogen and oxygen atoms in total. The van der Waals surface area contributed by atoms with Crippen LogP contribution in [0.5, 0.6) is 11.5 Å². The zero-order valence-electron chi connectivity index (χ0n) is 16.7. The van der Waals surface area contributed by atoms with Gasteiger partial charge in [0, 0.05) is 30.2 Å². The molecule has 1 aromatic heterocycles. The molecular weight excluding hydrogens is 420 g/mol. The van der Waals surface area contributed by atoms with Crippen LogP contribution in [-0.2, 0) is 6.54 Å². The van der Waals surface area contributed by atoms with Crippen molar-refractivity contribution in [3.8, 4) is 23.0 Å². The summed E-state index contributed by atoms with van der Waals surface area (Å²) in [5.41, 5.74) is 1.77. The normalized spacial score (nSPS) is 17.6. The average molecular weight is 441 g/mol. The number of carbonyl (C=O) groups excluding carboxylic acids is 1. The largest absolute Gasteiger partial charge is 0.454 e. The summed E-state index contributed by atoms with van der Waals surface area (Å²) >= 11 is 5.91. The third-order valence-electron chi connectivity index (χ3n) is 5.47. The number of halogens is 1. The van der Waals surface area contributed by atoms with Crippen LogP contribution in [-0.4, -0.2) is 41.0 Å². The molecular formula is C22H21ClN4O4. The quantitative estimate of drug-likeness (QED) is 0.653. The minimum absolute atomic E-state index is 0.00490. The first-order chi connectivity index (χ1) is 15.2. The summed E-state index contributed by atoms with van der Waals surface area (Å²) in [4.78, 5) is 14.4. The number of hydrogen-bond acceptors (Lipinski definition) is 6. The number of amides is 2. The fourth-order valence-corrected chi connectivity index (χ4v) is 3.93. The first-order valence-corrected chi connectivity index (χ1v) is 10.5. The molecule has 0 saturated carbocycles. The van der Waals surface area contributed by atoms with Crippen LogP contribution in [0.2, 0.25) is 5.02 Å². The molecule has 1 N–H and O–H groups in total. The number of likely N-dealkylation sites (tertiary alicyclic amines) is 1. The number of fused-ring (bicyclic) bond motifs is 1. The van der Waals surface area contributed by atoms with Crippen LogP contribution >= 0.6 is 11.6 Å². The first-order valence-electron chi connectivity index (χ1n) is 10.2. The molecule has 0 aliphatic carbocycles. The van der Waals surface area contributed by atoms with E-state index in [1.807, 2.05) is 42.5 Å². The molecule has 9 heteroatoms. The van der Waals surface area contributed by atoms with Crippen LogP contribution in [0.1, 0.15) is 30.2 Å². The van der Waals surface area contributed by atoms with Gasteiger partial charge in [0.1, 0.15) is 0 Å². The van der Waals surface area contributed by atoms with Gasteiger partial charge in [-0.3, -0.25) is 0 Å². The molecule has 3 aromatic rings. The molecule has 2 aromatic carbocycles. The minimum Gasteiger partial charge on any atom is -0.454 e. The Morgan fingerprint density at radius 2 is 1.97 bits per heavy atom. The Labute approximate surface area is 184 Å². The highest BCUT2D eigenvalue weighted by molar-refractivity contribution is 6.30. The van der Waals surface area contributed by atoms with Gasteiger partial charge in [-0.15, -0.1) is 10.2 Å². The fraction of sp³-hybridized carbons (Fsp3) is 0.318. The van der Waals surface area contributed by atoms with Crippen LogP contribution in [0, 0.1) is 0 Å². The average Bonchev–Trinajstić information content (AvgIpc) is 3.48. The van der Waals surface area contributed by atoms with E-state index in [0.717, 1.165) is 24.0 Å². The molecule has 31 heavy (non-hydrogen) atoms. The number of rotatable bonds is 4. The summed E-state index contributed by atoms with van der Waals surface area (Å²) in [6, 6.07) is 12.8. The van der Waals surface area contributed by atoms with Crippen molar-refractivity contribution in [2.24, 2.45) is 0 Å². The number of hydrogen-bond donors (Lipinski definition) is 1. The van der Waals surface area contributed by atoms with Gasteiger partial charge in [0.15, 0.2) is 11.5 Å². The summed E-state index contributed by atoms with van der Waals surface area (Å²) in [5.74, 6) is 2.35. The number of ether oxygens (including phenoxy) is 2. The number of nitrogens with one attached hydrogen (secondary N) is 1. The molecule has 0 unspecified atom stereocenters. The van der Waals surface area contributed by atoms with Crippen LogP contribution in [0.15, 0.2) is 46.9 Å².